The number of benzene rings is 1. The number of ether oxygens (including phenoxy) is 1. The van der Waals surface area contributed by atoms with Gasteiger partial charge >= 0.3 is 0 Å². The van der Waals surface area contributed by atoms with Gasteiger partial charge < -0.3 is 10.1 Å². The van der Waals surface area contributed by atoms with E-state index < -0.39 is 0 Å². The Bertz CT molecular complexity index is 584. The number of nitrogens with one attached hydrogen (secondary N) is 1. The van der Waals surface area contributed by atoms with Crippen LogP contribution in [0.4, 0.5) is 0 Å². The Morgan fingerprint density at radius 2 is 2.11 bits per heavy atom. The molecule has 0 spiro atoms. The Morgan fingerprint density at radius 1 is 1.32 bits per heavy atom. The van der Waals surface area contributed by atoms with E-state index in [1.165, 1.54) is 11.1 Å². The minimum absolute atomic E-state index is 0.575. The second-order valence-corrected chi connectivity index (χ2v) is 5.05. The highest BCUT2D eigenvalue weighted by molar-refractivity contribution is 6.30. The van der Waals surface area contributed by atoms with E-state index in [9.17, 15) is 0 Å². The van der Waals surface area contributed by atoms with Crippen LogP contribution in [0.25, 0.3) is 10.9 Å². The van der Waals surface area contributed by atoms with E-state index in [4.69, 9.17) is 16.3 Å². The average Bonchev–Trinajstić information content (AvgIpc) is 2.40. The maximum atomic E-state index is 6.26. The van der Waals surface area contributed by atoms with Gasteiger partial charge in [-0.1, -0.05) is 23.7 Å². The Morgan fingerprint density at radius 3 is 2.84 bits per heavy atom. The van der Waals surface area contributed by atoms with Crippen molar-refractivity contribution < 1.29 is 4.74 Å². The zero-order chi connectivity index (χ0) is 13.8. The fourth-order valence-electron chi connectivity index (χ4n) is 2.03. The standard InChI is InChI=1S/C15H19ClN2O/c1-10-4-5-12-8-13(9-17-6-7-19-3)15(16)18-14(12)11(10)2/h4-5,8,17H,6-7,9H2,1-3H3. The smallest absolute Gasteiger partial charge is 0.134 e. The normalized spacial score (nSPS) is 11.2. The first-order chi connectivity index (χ1) is 9.13. The molecule has 19 heavy (non-hydrogen) atoms. The average molecular weight is 279 g/mol. The number of fused-ring (bicyclic) bond motifs is 1. The quantitative estimate of drug-likeness (QED) is 0.673. The third kappa shape index (κ3) is 3.24. The van der Waals surface area contributed by atoms with Crippen LogP contribution in [0.3, 0.4) is 0 Å². The number of aromatic nitrogens is 1. The van der Waals surface area contributed by atoms with Gasteiger partial charge in [-0.05, 0) is 31.0 Å². The number of nitrogens with zero attached hydrogens (tertiary/aromatic N) is 1. The molecule has 0 saturated carbocycles. The lowest BCUT2D eigenvalue weighted by molar-refractivity contribution is 0.199. The molecule has 102 valence electrons. The van der Waals surface area contributed by atoms with E-state index in [0.717, 1.165) is 23.0 Å². The van der Waals surface area contributed by atoms with Crippen LogP contribution in [0.15, 0.2) is 18.2 Å². The second-order valence-electron chi connectivity index (χ2n) is 4.69. The van der Waals surface area contributed by atoms with Gasteiger partial charge in [0.2, 0.25) is 0 Å². The first-order valence-electron chi connectivity index (χ1n) is 6.38. The molecule has 4 heteroatoms. The largest absolute Gasteiger partial charge is 0.383 e. The SMILES string of the molecule is COCCNCc1cc2ccc(C)c(C)c2nc1Cl. The van der Waals surface area contributed by atoms with E-state index in [0.29, 0.717) is 18.3 Å². The third-order valence-corrected chi connectivity index (χ3v) is 3.66. The van der Waals surface area contributed by atoms with Gasteiger partial charge in [0.25, 0.3) is 0 Å². The lowest BCUT2D eigenvalue weighted by Gasteiger charge is -2.10. The molecule has 0 unspecified atom stereocenters. The summed E-state index contributed by atoms with van der Waals surface area (Å²) >= 11 is 6.26. The summed E-state index contributed by atoms with van der Waals surface area (Å²) in [5.41, 5.74) is 4.44. The monoisotopic (exact) mass is 278 g/mol. The number of methoxy groups -OCH3 is 1. The maximum absolute atomic E-state index is 6.26. The van der Waals surface area contributed by atoms with Crippen molar-refractivity contribution in [1.82, 2.24) is 10.3 Å². The number of hydrogen-bond acceptors (Lipinski definition) is 3. The first-order valence-corrected chi connectivity index (χ1v) is 6.76. The topological polar surface area (TPSA) is 34.1 Å². The lowest BCUT2D eigenvalue weighted by Crippen LogP contribution is -2.18. The van der Waals surface area contributed by atoms with Gasteiger partial charge in [0.05, 0.1) is 12.1 Å². The van der Waals surface area contributed by atoms with Gasteiger partial charge in [-0.2, -0.15) is 0 Å². The molecule has 2 rings (SSSR count). The molecule has 0 aliphatic heterocycles. The Hall–Kier alpha value is -1.16. The number of hydrogen-bond donors (Lipinski definition) is 1. The van der Waals surface area contributed by atoms with E-state index in [-0.39, 0.29) is 0 Å². The molecule has 0 amide bonds. The predicted octanol–water partition coefficient (Wildman–Crippen LogP) is 3.24. The van der Waals surface area contributed by atoms with Gasteiger partial charge in [0.15, 0.2) is 0 Å². The van der Waals surface area contributed by atoms with Gasteiger partial charge in [-0.25, -0.2) is 4.98 Å². The molecule has 0 bridgehead atoms. The molecular weight excluding hydrogens is 260 g/mol. The Kier molecular flexibility index (Phi) is 4.75. The fourth-order valence-corrected chi connectivity index (χ4v) is 2.23. The van der Waals surface area contributed by atoms with Gasteiger partial charge in [0, 0.05) is 31.1 Å². The zero-order valence-corrected chi connectivity index (χ0v) is 12.3. The van der Waals surface area contributed by atoms with Gasteiger partial charge in [0.1, 0.15) is 5.15 Å². The van der Waals surface area contributed by atoms with Crippen molar-refractivity contribution in [2.45, 2.75) is 20.4 Å². The van der Waals surface area contributed by atoms with Crippen molar-refractivity contribution in [3.63, 3.8) is 0 Å². The maximum Gasteiger partial charge on any atom is 0.134 e. The van der Waals surface area contributed by atoms with Crippen molar-refractivity contribution in [1.29, 1.82) is 0 Å². The number of pyridine rings is 1. The Labute approximate surface area is 118 Å². The lowest BCUT2D eigenvalue weighted by atomic mass is 10.0. The van der Waals surface area contributed by atoms with E-state index >= 15 is 0 Å². The first kappa shape index (κ1) is 14.3. The molecule has 0 atom stereocenters. The van der Waals surface area contributed by atoms with Gasteiger partial charge in [-0.3, -0.25) is 0 Å². The van der Waals surface area contributed by atoms with Crippen LogP contribution >= 0.6 is 11.6 Å². The molecule has 1 aromatic carbocycles. The minimum atomic E-state index is 0.575. The molecule has 0 saturated heterocycles. The van der Waals surface area contributed by atoms with E-state index in [1.807, 2.05) is 0 Å². The highest BCUT2D eigenvalue weighted by Crippen LogP contribution is 2.24. The van der Waals surface area contributed by atoms with E-state index in [1.54, 1.807) is 7.11 Å². The molecule has 0 radical (unpaired) electrons. The molecule has 0 fully saturated rings. The van der Waals surface area contributed by atoms with Crippen LogP contribution in [-0.4, -0.2) is 25.2 Å². The van der Waals surface area contributed by atoms with Crippen molar-refractivity contribution >= 4 is 22.5 Å². The molecular formula is C15H19ClN2O. The summed E-state index contributed by atoms with van der Waals surface area (Å²) in [4.78, 5) is 4.53. The third-order valence-electron chi connectivity index (χ3n) is 3.34. The number of halogens is 1. The van der Waals surface area contributed by atoms with Crippen LogP contribution in [0.5, 0.6) is 0 Å². The summed E-state index contributed by atoms with van der Waals surface area (Å²) < 4.78 is 5.00. The molecule has 1 aromatic heterocycles. The molecule has 1 N–H and O–H groups in total. The minimum Gasteiger partial charge on any atom is -0.383 e. The molecule has 0 aliphatic rings. The zero-order valence-electron chi connectivity index (χ0n) is 11.6. The van der Waals surface area contributed by atoms with Crippen molar-refractivity contribution in [3.8, 4) is 0 Å². The van der Waals surface area contributed by atoms with Crippen LogP contribution in [-0.2, 0) is 11.3 Å². The van der Waals surface area contributed by atoms with Gasteiger partial charge in [-0.15, -0.1) is 0 Å². The number of rotatable bonds is 5. The highest BCUT2D eigenvalue weighted by Gasteiger charge is 2.07. The molecule has 3 nitrogen and oxygen atoms in total. The van der Waals surface area contributed by atoms with Crippen molar-refractivity contribution in [2.75, 3.05) is 20.3 Å². The van der Waals surface area contributed by atoms with Crippen LogP contribution in [0.2, 0.25) is 5.15 Å². The summed E-state index contributed by atoms with van der Waals surface area (Å²) in [5, 5.41) is 5.00. The van der Waals surface area contributed by atoms with Crippen molar-refractivity contribution in [2.24, 2.45) is 0 Å². The Balaban J connectivity index is 2.27. The fraction of sp³-hybridized carbons (Fsp3) is 0.400. The predicted molar refractivity (Wildman–Crippen MR) is 79.8 cm³/mol. The molecule has 2 aromatic rings. The second kappa shape index (κ2) is 6.33. The van der Waals surface area contributed by atoms with Crippen molar-refractivity contribution in [3.05, 3.63) is 40.0 Å². The van der Waals surface area contributed by atoms with Crippen LogP contribution in [0, 0.1) is 13.8 Å². The summed E-state index contributed by atoms with van der Waals surface area (Å²) in [6.45, 7) is 6.37. The summed E-state index contributed by atoms with van der Waals surface area (Å²) in [6.07, 6.45) is 0. The summed E-state index contributed by atoms with van der Waals surface area (Å²) in [5.74, 6) is 0. The number of aryl methyl sites for hydroxylation is 2. The summed E-state index contributed by atoms with van der Waals surface area (Å²) in [6, 6.07) is 6.33. The molecule has 0 aliphatic carbocycles. The molecule has 1 heterocycles. The van der Waals surface area contributed by atoms with E-state index in [2.05, 4.69) is 42.3 Å². The van der Waals surface area contributed by atoms with Crippen LogP contribution < -0.4 is 5.32 Å². The summed E-state index contributed by atoms with van der Waals surface area (Å²) in [7, 11) is 1.69. The van der Waals surface area contributed by atoms with Crippen LogP contribution in [0.1, 0.15) is 16.7 Å². The highest BCUT2D eigenvalue weighted by atomic mass is 35.5.